The molecule has 0 saturated heterocycles. The number of nitrogens with zero attached hydrogens (tertiary/aromatic N) is 1. The van der Waals surface area contributed by atoms with E-state index in [9.17, 15) is 24.5 Å². The number of amides is 2. The van der Waals surface area contributed by atoms with E-state index in [1.165, 1.54) is 19.2 Å². The molecule has 2 amide bonds. The summed E-state index contributed by atoms with van der Waals surface area (Å²) in [5, 5.41) is 16.3. The summed E-state index contributed by atoms with van der Waals surface area (Å²) < 4.78 is 9.81. The predicted molar refractivity (Wildman–Crippen MR) is 103 cm³/mol. The minimum Gasteiger partial charge on any atom is -0.477 e. The Morgan fingerprint density at radius 3 is 2.52 bits per heavy atom. The number of methoxy groups -OCH3 is 1. The highest BCUT2D eigenvalue weighted by Gasteiger charge is 2.19. The van der Waals surface area contributed by atoms with E-state index in [0.29, 0.717) is 17.8 Å². The van der Waals surface area contributed by atoms with Crippen molar-refractivity contribution in [2.45, 2.75) is 6.92 Å². The standard InChI is InChI=1S/C19H19N3O7/c1-3-20-18(24)12-5-4-6-14(9-12)21-17(23)11-29-16-10-13(19(25)28-2)7-8-15(16)22(26)27/h4-10H,3,11H2,1-2H3,(H,20,24)(H,21,23). The summed E-state index contributed by atoms with van der Waals surface area (Å²) in [5.74, 6) is -1.83. The summed E-state index contributed by atoms with van der Waals surface area (Å²) in [6.45, 7) is 1.71. The van der Waals surface area contributed by atoms with Crippen molar-refractivity contribution in [3.63, 3.8) is 0 Å². The van der Waals surface area contributed by atoms with Crippen LogP contribution in [0, 0.1) is 10.1 Å². The van der Waals surface area contributed by atoms with Crippen LogP contribution in [0.1, 0.15) is 27.6 Å². The molecule has 0 heterocycles. The lowest BCUT2D eigenvalue weighted by Crippen LogP contribution is -2.23. The number of nitrogens with one attached hydrogen (secondary N) is 2. The monoisotopic (exact) mass is 401 g/mol. The Morgan fingerprint density at radius 2 is 1.86 bits per heavy atom. The first kappa shape index (κ1) is 21.4. The van der Waals surface area contributed by atoms with Gasteiger partial charge in [-0.05, 0) is 31.2 Å². The van der Waals surface area contributed by atoms with E-state index < -0.39 is 29.1 Å². The van der Waals surface area contributed by atoms with Gasteiger partial charge in [-0.25, -0.2) is 4.79 Å². The Balaban J connectivity index is 2.09. The fourth-order valence-corrected chi connectivity index (χ4v) is 2.37. The van der Waals surface area contributed by atoms with E-state index in [2.05, 4.69) is 15.4 Å². The summed E-state index contributed by atoms with van der Waals surface area (Å²) in [5.41, 5.74) is 0.374. The van der Waals surface area contributed by atoms with Crippen LogP contribution in [-0.2, 0) is 9.53 Å². The normalized spacial score (nSPS) is 10.0. The molecule has 0 aliphatic rings. The lowest BCUT2D eigenvalue weighted by molar-refractivity contribution is -0.385. The zero-order chi connectivity index (χ0) is 21.4. The van der Waals surface area contributed by atoms with Crippen molar-refractivity contribution in [1.82, 2.24) is 5.32 Å². The first-order valence-corrected chi connectivity index (χ1v) is 8.53. The van der Waals surface area contributed by atoms with Crippen molar-refractivity contribution in [2.24, 2.45) is 0 Å². The second kappa shape index (κ2) is 9.83. The Kier molecular flexibility index (Phi) is 7.24. The third-order valence-corrected chi connectivity index (χ3v) is 3.68. The lowest BCUT2D eigenvalue weighted by Gasteiger charge is -2.10. The average Bonchev–Trinajstić information content (AvgIpc) is 2.71. The molecular formula is C19H19N3O7. The number of carbonyl (C=O) groups is 3. The van der Waals surface area contributed by atoms with Crippen LogP contribution in [0.25, 0.3) is 0 Å². The Morgan fingerprint density at radius 1 is 1.10 bits per heavy atom. The SMILES string of the molecule is CCNC(=O)c1cccc(NC(=O)COc2cc(C(=O)OC)ccc2[N+](=O)[O-])c1. The molecule has 0 aromatic heterocycles. The van der Waals surface area contributed by atoms with E-state index in [4.69, 9.17) is 4.74 Å². The number of rotatable bonds is 8. The maximum atomic E-state index is 12.2. The molecular weight excluding hydrogens is 382 g/mol. The number of anilines is 1. The fraction of sp³-hybridized carbons (Fsp3) is 0.211. The summed E-state index contributed by atoms with van der Waals surface area (Å²) in [4.78, 5) is 46.1. The maximum absolute atomic E-state index is 12.2. The minimum absolute atomic E-state index is 0.0446. The minimum atomic E-state index is -0.698. The van der Waals surface area contributed by atoms with Gasteiger partial charge in [0.25, 0.3) is 11.8 Å². The first-order valence-electron chi connectivity index (χ1n) is 8.53. The number of hydrogen-bond donors (Lipinski definition) is 2. The van der Waals surface area contributed by atoms with Gasteiger partial charge >= 0.3 is 11.7 Å². The van der Waals surface area contributed by atoms with E-state index in [0.717, 1.165) is 12.1 Å². The van der Waals surface area contributed by atoms with Crippen LogP contribution >= 0.6 is 0 Å². The van der Waals surface area contributed by atoms with Crippen LogP contribution in [-0.4, -0.2) is 43.0 Å². The predicted octanol–water partition coefficient (Wildman–Crippen LogP) is 2.15. The quantitative estimate of drug-likeness (QED) is 0.393. The van der Waals surface area contributed by atoms with Gasteiger partial charge in [0.2, 0.25) is 0 Å². The smallest absolute Gasteiger partial charge is 0.337 e. The van der Waals surface area contributed by atoms with Gasteiger partial charge in [0.15, 0.2) is 12.4 Å². The molecule has 0 spiro atoms. The van der Waals surface area contributed by atoms with Crippen molar-refractivity contribution < 1.29 is 28.8 Å². The average molecular weight is 401 g/mol. The second-order valence-corrected chi connectivity index (χ2v) is 5.71. The highest BCUT2D eigenvalue weighted by atomic mass is 16.6. The van der Waals surface area contributed by atoms with Gasteiger partial charge in [0.1, 0.15) is 0 Å². The van der Waals surface area contributed by atoms with Gasteiger partial charge in [0.05, 0.1) is 17.6 Å². The molecule has 10 nitrogen and oxygen atoms in total. The molecule has 0 atom stereocenters. The van der Waals surface area contributed by atoms with E-state index in [1.807, 2.05) is 0 Å². The van der Waals surface area contributed by atoms with E-state index >= 15 is 0 Å². The molecule has 2 aromatic carbocycles. The molecule has 0 fully saturated rings. The zero-order valence-electron chi connectivity index (χ0n) is 15.8. The van der Waals surface area contributed by atoms with Crippen LogP contribution in [0.5, 0.6) is 5.75 Å². The van der Waals surface area contributed by atoms with Crippen LogP contribution in [0.3, 0.4) is 0 Å². The van der Waals surface area contributed by atoms with E-state index in [1.54, 1.807) is 25.1 Å². The molecule has 0 aliphatic carbocycles. The molecule has 2 N–H and O–H groups in total. The summed E-state index contributed by atoms with van der Waals surface area (Å²) in [6.07, 6.45) is 0. The van der Waals surface area contributed by atoms with Gasteiger partial charge in [0, 0.05) is 29.9 Å². The third-order valence-electron chi connectivity index (χ3n) is 3.68. The van der Waals surface area contributed by atoms with Crippen LogP contribution in [0.2, 0.25) is 0 Å². The molecule has 0 bridgehead atoms. The van der Waals surface area contributed by atoms with E-state index in [-0.39, 0.29) is 17.2 Å². The molecule has 0 radical (unpaired) electrons. The number of esters is 1. The van der Waals surface area contributed by atoms with Crippen LogP contribution < -0.4 is 15.4 Å². The number of nitro benzene ring substituents is 1. The van der Waals surface area contributed by atoms with Crippen molar-refractivity contribution in [3.8, 4) is 5.75 Å². The maximum Gasteiger partial charge on any atom is 0.337 e. The molecule has 0 aliphatic heterocycles. The molecule has 2 rings (SSSR count). The topological polar surface area (TPSA) is 137 Å². The molecule has 10 heteroatoms. The second-order valence-electron chi connectivity index (χ2n) is 5.71. The largest absolute Gasteiger partial charge is 0.477 e. The Hall–Kier alpha value is -3.95. The number of ether oxygens (including phenoxy) is 2. The van der Waals surface area contributed by atoms with Crippen molar-refractivity contribution in [2.75, 3.05) is 25.6 Å². The zero-order valence-corrected chi connectivity index (χ0v) is 15.8. The van der Waals surface area contributed by atoms with Gasteiger partial charge in [-0.2, -0.15) is 0 Å². The summed E-state index contributed by atoms with van der Waals surface area (Å²) in [7, 11) is 1.17. The lowest BCUT2D eigenvalue weighted by atomic mass is 10.2. The number of benzene rings is 2. The van der Waals surface area contributed by atoms with Crippen LogP contribution in [0.4, 0.5) is 11.4 Å². The number of carbonyl (C=O) groups excluding carboxylic acids is 3. The number of hydrogen-bond acceptors (Lipinski definition) is 7. The van der Waals surface area contributed by atoms with Crippen LogP contribution in [0.15, 0.2) is 42.5 Å². The molecule has 29 heavy (non-hydrogen) atoms. The third kappa shape index (κ3) is 5.76. The van der Waals surface area contributed by atoms with Crippen molar-refractivity contribution in [1.29, 1.82) is 0 Å². The fourth-order valence-electron chi connectivity index (χ4n) is 2.37. The molecule has 0 unspecified atom stereocenters. The summed E-state index contributed by atoms with van der Waals surface area (Å²) >= 11 is 0. The van der Waals surface area contributed by atoms with Crippen molar-refractivity contribution >= 4 is 29.2 Å². The van der Waals surface area contributed by atoms with Gasteiger partial charge in [-0.1, -0.05) is 6.07 Å². The highest BCUT2D eigenvalue weighted by molar-refractivity contribution is 5.97. The van der Waals surface area contributed by atoms with Gasteiger partial charge in [-0.15, -0.1) is 0 Å². The Labute approximate surface area is 166 Å². The molecule has 0 saturated carbocycles. The molecule has 152 valence electrons. The van der Waals surface area contributed by atoms with Gasteiger partial charge in [-0.3, -0.25) is 19.7 Å². The van der Waals surface area contributed by atoms with Crippen molar-refractivity contribution in [3.05, 3.63) is 63.7 Å². The Bertz CT molecular complexity index is 943. The van der Waals surface area contributed by atoms with Gasteiger partial charge < -0.3 is 20.1 Å². The molecule has 2 aromatic rings. The number of nitro groups is 1. The first-order chi connectivity index (χ1) is 13.8. The summed E-state index contributed by atoms with van der Waals surface area (Å²) in [6, 6.07) is 9.72. The highest BCUT2D eigenvalue weighted by Crippen LogP contribution is 2.28.